The number of nitrogens with zero attached hydrogens (tertiary/aromatic N) is 4. The average molecular weight is 496 g/mol. The maximum absolute atomic E-state index is 15.4. The highest BCUT2D eigenvalue weighted by Crippen LogP contribution is 2.42. The molecule has 5 rings (SSSR count). The molecule has 36 heavy (non-hydrogen) atoms. The molecule has 1 unspecified atom stereocenters. The van der Waals surface area contributed by atoms with E-state index in [0.717, 1.165) is 13.1 Å². The third kappa shape index (κ3) is 4.09. The second-order valence-corrected chi connectivity index (χ2v) is 9.04. The number of non-ortho nitro benzene ring substituents is 1. The van der Waals surface area contributed by atoms with Crippen LogP contribution in [-0.2, 0) is 0 Å². The van der Waals surface area contributed by atoms with Gasteiger partial charge in [-0.15, -0.1) is 0 Å². The maximum Gasteiger partial charge on any atom is 0.275 e. The second-order valence-electron chi connectivity index (χ2n) is 9.04. The van der Waals surface area contributed by atoms with Gasteiger partial charge in [-0.3, -0.25) is 30.6 Å². The lowest BCUT2D eigenvalue weighted by Gasteiger charge is -2.37. The molecule has 0 aliphatic carbocycles. The molecule has 2 N–H and O–H groups in total. The Bertz CT molecular complexity index is 1420. The van der Waals surface area contributed by atoms with Crippen molar-refractivity contribution in [1.82, 2.24) is 14.9 Å². The first-order valence-corrected chi connectivity index (χ1v) is 11.5. The number of anilines is 2. The molecule has 2 aliphatic rings. The van der Waals surface area contributed by atoms with E-state index in [0.29, 0.717) is 35.7 Å². The third-order valence-corrected chi connectivity index (χ3v) is 6.60. The zero-order valence-corrected chi connectivity index (χ0v) is 19.8. The van der Waals surface area contributed by atoms with Gasteiger partial charge in [0.2, 0.25) is 5.43 Å². The third-order valence-electron chi connectivity index (χ3n) is 6.60. The van der Waals surface area contributed by atoms with Crippen molar-refractivity contribution in [1.29, 1.82) is 0 Å². The smallest absolute Gasteiger partial charge is 0.275 e. The highest BCUT2D eigenvalue weighted by molar-refractivity contribution is 6.00. The first-order chi connectivity index (χ1) is 17.2. The number of halogens is 1. The van der Waals surface area contributed by atoms with E-state index < -0.39 is 22.1 Å². The van der Waals surface area contributed by atoms with Crippen LogP contribution in [0.3, 0.4) is 0 Å². The molecule has 11 nitrogen and oxygen atoms in total. The van der Waals surface area contributed by atoms with Gasteiger partial charge in [0, 0.05) is 44.5 Å². The summed E-state index contributed by atoms with van der Waals surface area (Å²) in [5.74, 6) is -0.963. The van der Waals surface area contributed by atoms with Crippen LogP contribution in [0.4, 0.5) is 21.5 Å². The van der Waals surface area contributed by atoms with Crippen LogP contribution in [0, 0.1) is 15.9 Å². The first kappa shape index (κ1) is 23.5. The zero-order chi connectivity index (χ0) is 25.6. The summed E-state index contributed by atoms with van der Waals surface area (Å²) in [6.45, 7) is 4.97. The Balaban J connectivity index is 1.51. The molecule has 1 aromatic heterocycles. The molecule has 0 bridgehead atoms. The molecule has 3 heterocycles. The van der Waals surface area contributed by atoms with E-state index in [-0.39, 0.29) is 29.3 Å². The lowest BCUT2D eigenvalue weighted by molar-refractivity contribution is -0.384. The molecular weight excluding hydrogens is 471 g/mol. The lowest BCUT2D eigenvalue weighted by Crippen LogP contribution is -2.45. The molecule has 0 spiro atoms. The van der Waals surface area contributed by atoms with Crippen molar-refractivity contribution in [2.24, 2.45) is 0 Å². The Kier molecular flexibility index (Phi) is 5.96. The Labute approximate surface area is 205 Å². The number of nitrogens with one attached hydrogen (secondary N) is 2. The van der Waals surface area contributed by atoms with Crippen LogP contribution in [-0.4, -0.2) is 60.1 Å². The number of carbonyl (C=O) groups is 1. The van der Waals surface area contributed by atoms with Crippen molar-refractivity contribution in [3.63, 3.8) is 0 Å². The topological polar surface area (TPSA) is 122 Å². The van der Waals surface area contributed by atoms with Gasteiger partial charge in [0.1, 0.15) is 17.9 Å². The Hall–Kier alpha value is -4.19. The molecule has 0 radical (unpaired) electrons. The molecule has 1 atom stereocenters. The van der Waals surface area contributed by atoms with Crippen molar-refractivity contribution in [2.75, 3.05) is 50.2 Å². The molecule has 3 aromatic rings. The molecular formula is C24H25FN6O5. The summed E-state index contributed by atoms with van der Waals surface area (Å²) in [5, 5.41) is 10.9. The number of benzene rings is 2. The molecule has 1 amide bonds. The van der Waals surface area contributed by atoms with Crippen molar-refractivity contribution in [2.45, 2.75) is 13.0 Å². The van der Waals surface area contributed by atoms with Crippen LogP contribution >= 0.6 is 0 Å². The van der Waals surface area contributed by atoms with Crippen molar-refractivity contribution >= 4 is 33.9 Å². The van der Waals surface area contributed by atoms with Crippen LogP contribution in [0.1, 0.15) is 23.3 Å². The van der Waals surface area contributed by atoms with Crippen molar-refractivity contribution < 1.29 is 18.8 Å². The van der Waals surface area contributed by atoms with Gasteiger partial charge in [0.05, 0.1) is 27.6 Å². The fourth-order valence-electron chi connectivity index (χ4n) is 4.56. The molecule has 2 aliphatic heterocycles. The Morgan fingerprint density at radius 2 is 1.89 bits per heavy atom. The van der Waals surface area contributed by atoms with E-state index in [2.05, 4.69) is 15.8 Å². The van der Waals surface area contributed by atoms with Gasteiger partial charge >= 0.3 is 0 Å². The molecule has 188 valence electrons. The highest BCUT2D eigenvalue weighted by atomic mass is 19.1. The number of hydrazine groups is 1. The number of hydrogen-bond acceptors (Lipinski definition) is 8. The largest absolute Gasteiger partial charge is 0.487 e. The van der Waals surface area contributed by atoms with Gasteiger partial charge in [-0.05, 0) is 32.2 Å². The molecule has 2 aromatic carbocycles. The fraction of sp³-hybridized carbons (Fsp3) is 0.333. The summed E-state index contributed by atoms with van der Waals surface area (Å²) in [4.78, 5) is 40.6. The van der Waals surface area contributed by atoms with E-state index in [1.165, 1.54) is 36.5 Å². The number of rotatable bonds is 5. The first-order valence-electron chi connectivity index (χ1n) is 11.5. The van der Waals surface area contributed by atoms with Crippen molar-refractivity contribution in [3.05, 3.63) is 68.2 Å². The van der Waals surface area contributed by atoms with Gasteiger partial charge in [-0.25, -0.2) is 4.39 Å². The van der Waals surface area contributed by atoms with Crippen molar-refractivity contribution in [3.8, 4) is 5.75 Å². The van der Waals surface area contributed by atoms with E-state index >= 15 is 4.39 Å². The standard InChI is InChI=1S/C24H25FN6O5/c1-14-13-36-23-20-17(11-19(25)21(23)29-9-7-28(2)8-10-29)22(32)18(12-30(14)20)24(33)27-26-15-3-5-16(6-4-15)31(34)35/h3-6,11-12,14,26H,7-10,13H2,1-2H3,(H,27,33). The van der Waals surface area contributed by atoms with Crippen LogP contribution in [0.25, 0.3) is 10.9 Å². The number of piperazine rings is 1. The van der Waals surface area contributed by atoms with Crippen LogP contribution < -0.4 is 25.9 Å². The van der Waals surface area contributed by atoms with E-state index in [1.54, 1.807) is 4.57 Å². The summed E-state index contributed by atoms with van der Waals surface area (Å²) in [6.07, 6.45) is 1.47. The summed E-state index contributed by atoms with van der Waals surface area (Å²) in [6, 6.07) is 6.42. The lowest BCUT2D eigenvalue weighted by atomic mass is 10.0. The summed E-state index contributed by atoms with van der Waals surface area (Å²) >= 11 is 0. The number of carbonyl (C=O) groups excluding carboxylic acids is 1. The summed E-state index contributed by atoms with van der Waals surface area (Å²) in [7, 11) is 2.01. The monoisotopic (exact) mass is 496 g/mol. The summed E-state index contributed by atoms with van der Waals surface area (Å²) < 4.78 is 23.2. The minimum absolute atomic E-state index is 0.0647. The van der Waals surface area contributed by atoms with E-state index in [4.69, 9.17) is 4.74 Å². The second kappa shape index (κ2) is 9.11. The fourth-order valence-corrected chi connectivity index (χ4v) is 4.56. The highest BCUT2D eigenvalue weighted by Gasteiger charge is 2.31. The zero-order valence-electron chi connectivity index (χ0n) is 19.8. The number of aromatic nitrogens is 1. The number of likely N-dealkylation sites (N-methyl/N-ethyl adjacent to an activating group) is 1. The number of ether oxygens (including phenoxy) is 1. The quantitative estimate of drug-likeness (QED) is 0.408. The Morgan fingerprint density at radius 3 is 2.56 bits per heavy atom. The Morgan fingerprint density at radius 1 is 1.19 bits per heavy atom. The van der Waals surface area contributed by atoms with E-state index in [9.17, 15) is 19.7 Å². The predicted octanol–water partition coefficient (Wildman–Crippen LogP) is 2.51. The van der Waals surface area contributed by atoms with Gasteiger partial charge in [0.15, 0.2) is 11.6 Å². The predicted molar refractivity (Wildman–Crippen MR) is 132 cm³/mol. The molecule has 0 saturated carbocycles. The maximum atomic E-state index is 15.4. The SMILES string of the molecule is CC1COc2c(N3CCN(C)CC3)c(F)cc3c(=O)c(C(=O)NNc4ccc([N+](=O)[O-])cc4)cn1c23. The van der Waals surface area contributed by atoms with Gasteiger partial charge < -0.3 is 19.1 Å². The molecule has 12 heteroatoms. The number of nitro benzene ring substituents is 1. The molecule has 1 fully saturated rings. The normalized spacial score (nSPS) is 17.5. The van der Waals surface area contributed by atoms with Gasteiger partial charge in [0.25, 0.3) is 11.6 Å². The number of nitro groups is 1. The average Bonchev–Trinajstić information content (AvgIpc) is 2.86. The summed E-state index contributed by atoms with van der Waals surface area (Å²) in [5.41, 5.74) is 5.41. The number of hydrogen-bond donors (Lipinski definition) is 2. The minimum Gasteiger partial charge on any atom is -0.487 e. The van der Waals surface area contributed by atoms with Crippen LogP contribution in [0.15, 0.2) is 41.3 Å². The van der Waals surface area contributed by atoms with Crippen LogP contribution in [0.2, 0.25) is 0 Å². The molecule has 1 saturated heterocycles. The number of pyridine rings is 1. The van der Waals surface area contributed by atoms with Gasteiger partial charge in [-0.1, -0.05) is 0 Å². The van der Waals surface area contributed by atoms with E-state index in [1.807, 2.05) is 18.9 Å². The number of amides is 1. The van der Waals surface area contributed by atoms with Crippen LogP contribution in [0.5, 0.6) is 5.75 Å². The minimum atomic E-state index is -0.715. The van der Waals surface area contributed by atoms with Gasteiger partial charge in [-0.2, -0.15) is 0 Å².